The van der Waals surface area contributed by atoms with Gasteiger partial charge in [0.2, 0.25) is 0 Å². The molecule has 282 valence electrons. The van der Waals surface area contributed by atoms with Gasteiger partial charge in [0.15, 0.2) is 5.78 Å². The average molecular weight is 759 g/mol. The molecule has 2 heterocycles. The number of benzene rings is 8. The lowest BCUT2D eigenvalue weighted by Crippen LogP contribution is -2.37. The van der Waals surface area contributed by atoms with Crippen molar-refractivity contribution in [3.05, 3.63) is 238 Å². The maximum absolute atomic E-state index is 15.3. The van der Waals surface area contributed by atoms with Crippen molar-refractivity contribution in [1.29, 1.82) is 0 Å². The quantitative estimate of drug-likeness (QED) is 0.175. The molecule has 0 aromatic heterocycles. The Kier molecular flexibility index (Phi) is 6.82. The summed E-state index contributed by atoms with van der Waals surface area (Å²) in [5.74, 6) is 0.0796. The highest BCUT2D eigenvalue weighted by Gasteiger charge is 2.53. The van der Waals surface area contributed by atoms with Crippen molar-refractivity contribution in [2.75, 3.05) is 9.80 Å². The molecule has 0 N–H and O–H groups in total. The average Bonchev–Trinajstić information content (AvgIpc) is 3.55. The first kappa shape index (κ1) is 34.1. The number of ketones is 1. The molecular formula is C56H42N2O. The van der Waals surface area contributed by atoms with Gasteiger partial charge < -0.3 is 9.80 Å². The van der Waals surface area contributed by atoms with E-state index in [0.29, 0.717) is 0 Å². The number of rotatable bonds is 2. The summed E-state index contributed by atoms with van der Waals surface area (Å²) in [5.41, 5.74) is 19.0. The summed E-state index contributed by atoms with van der Waals surface area (Å²) >= 11 is 0. The molecule has 59 heavy (non-hydrogen) atoms. The third-order valence-corrected chi connectivity index (χ3v) is 14.0. The molecule has 0 saturated heterocycles. The predicted molar refractivity (Wildman–Crippen MR) is 241 cm³/mol. The first-order chi connectivity index (χ1) is 28.7. The Hall–Kier alpha value is -6.97. The van der Waals surface area contributed by atoms with E-state index in [1.165, 1.54) is 38.9 Å². The highest BCUT2D eigenvalue weighted by Crippen LogP contribution is 2.64. The number of para-hydroxylation sites is 5. The summed E-state index contributed by atoms with van der Waals surface area (Å²) in [4.78, 5) is 20.0. The monoisotopic (exact) mass is 758 g/mol. The van der Waals surface area contributed by atoms with E-state index in [1.54, 1.807) is 0 Å². The summed E-state index contributed by atoms with van der Waals surface area (Å²) in [6, 6.07) is 66.0. The molecule has 0 bridgehead atoms. The molecule has 12 rings (SSSR count). The van der Waals surface area contributed by atoms with E-state index in [0.717, 1.165) is 61.9 Å². The molecular weight excluding hydrogens is 717 g/mol. The number of hydrogen-bond acceptors (Lipinski definition) is 3. The highest BCUT2D eigenvalue weighted by atomic mass is 16.1. The summed E-state index contributed by atoms with van der Waals surface area (Å²) < 4.78 is 0. The van der Waals surface area contributed by atoms with Crippen LogP contribution in [0.15, 0.2) is 182 Å². The van der Waals surface area contributed by atoms with Gasteiger partial charge in [-0.2, -0.15) is 0 Å². The Balaban J connectivity index is 1.08. The maximum Gasteiger partial charge on any atom is 0.193 e. The van der Waals surface area contributed by atoms with Crippen molar-refractivity contribution < 1.29 is 4.79 Å². The van der Waals surface area contributed by atoms with Crippen molar-refractivity contribution in [2.24, 2.45) is 0 Å². The van der Waals surface area contributed by atoms with Crippen LogP contribution in [0.5, 0.6) is 0 Å². The van der Waals surface area contributed by atoms with E-state index >= 15 is 4.79 Å². The molecule has 0 saturated carbocycles. The zero-order valence-corrected chi connectivity index (χ0v) is 33.6. The van der Waals surface area contributed by atoms with Gasteiger partial charge in [-0.1, -0.05) is 155 Å². The third-order valence-electron chi connectivity index (χ3n) is 14.0. The van der Waals surface area contributed by atoms with Gasteiger partial charge in [-0.05, 0) is 110 Å². The van der Waals surface area contributed by atoms with Gasteiger partial charge in [0.1, 0.15) is 0 Å². The van der Waals surface area contributed by atoms with Crippen molar-refractivity contribution in [3.63, 3.8) is 0 Å². The minimum atomic E-state index is -0.592. The van der Waals surface area contributed by atoms with Crippen LogP contribution in [0.3, 0.4) is 0 Å². The summed E-state index contributed by atoms with van der Waals surface area (Å²) in [5, 5.41) is 0. The van der Waals surface area contributed by atoms with Crippen LogP contribution < -0.4 is 9.80 Å². The molecule has 2 aliphatic carbocycles. The Morgan fingerprint density at radius 2 is 0.780 bits per heavy atom. The van der Waals surface area contributed by atoms with Gasteiger partial charge in [0.05, 0.1) is 28.2 Å². The first-order valence-corrected chi connectivity index (χ1v) is 20.7. The molecule has 0 amide bonds. The second kappa shape index (κ2) is 11.8. The topological polar surface area (TPSA) is 23.6 Å². The van der Waals surface area contributed by atoms with E-state index in [4.69, 9.17) is 0 Å². The minimum Gasteiger partial charge on any atom is -0.310 e. The number of anilines is 6. The van der Waals surface area contributed by atoms with Crippen LogP contribution in [0.4, 0.5) is 34.1 Å². The number of fused-ring (bicyclic) bond motifs is 13. The van der Waals surface area contributed by atoms with Crippen molar-refractivity contribution >= 4 is 39.9 Å². The molecule has 4 aliphatic rings. The standard InChI is InChI=1S/C56H42N2O/c1-54(2)41-31-30-36(58-49-26-14-10-22-43(49)55(3,4)44-23-11-15-27-50(44)58)32-39(41)53(59)40-33-38-37-20-8-9-21-42(37)56(48(38)34-47(40)54)45-24-12-16-28-51(45)57(35-18-6-5-7-19-35)52-29-17-13-25-46(52)56/h5-34H,1-4H3. The fraction of sp³-hybridized carbons (Fsp3) is 0.125. The highest BCUT2D eigenvalue weighted by molar-refractivity contribution is 6.15. The Morgan fingerprint density at radius 3 is 1.39 bits per heavy atom. The molecule has 0 radical (unpaired) electrons. The SMILES string of the molecule is CC1(C)c2ccc(N3c4ccccc4C(C)(C)c4ccccc43)cc2C(=O)c2cc3c(cc21)C1(c2ccccc2-3)c2ccccc2N(c2ccccc2)c2ccccc21. The van der Waals surface area contributed by atoms with Crippen LogP contribution in [0, 0.1) is 0 Å². The first-order valence-electron chi connectivity index (χ1n) is 20.7. The van der Waals surface area contributed by atoms with Crippen LogP contribution in [0.2, 0.25) is 0 Å². The zero-order chi connectivity index (χ0) is 39.8. The molecule has 3 nitrogen and oxygen atoms in total. The van der Waals surface area contributed by atoms with Crippen LogP contribution in [-0.4, -0.2) is 5.78 Å². The molecule has 8 aromatic carbocycles. The van der Waals surface area contributed by atoms with E-state index in [-0.39, 0.29) is 11.2 Å². The lowest BCUT2D eigenvalue weighted by Gasteiger charge is -2.45. The van der Waals surface area contributed by atoms with Crippen molar-refractivity contribution in [2.45, 2.75) is 43.9 Å². The van der Waals surface area contributed by atoms with Crippen molar-refractivity contribution in [1.82, 2.24) is 0 Å². The van der Waals surface area contributed by atoms with Crippen LogP contribution in [-0.2, 0) is 16.2 Å². The minimum absolute atomic E-state index is 0.0796. The normalized spacial score (nSPS) is 16.5. The molecule has 0 unspecified atom stereocenters. The number of nitrogens with zero attached hydrogens (tertiary/aromatic N) is 2. The fourth-order valence-corrected chi connectivity index (χ4v) is 11.4. The predicted octanol–water partition coefficient (Wildman–Crippen LogP) is 13.8. The van der Waals surface area contributed by atoms with Gasteiger partial charge in [-0.3, -0.25) is 4.79 Å². The van der Waals surface area contributed by atoms with Gasteiger partial charge in [0, 0.05) is 33.3 Å². The molecule has 2 aliphatic heterocycles. The van der Waals surface area contributed by atoms with E-state index in [9.17, 15) is 0 Å². The second-order valence-electron chi connectivity index (χ2n) is 17.6. The van der Waals surface area contributed by atoms with Crippen LogP contribution in [0.25, 0.3) is 11.1 Å². The Labute approximate surface area is 345 Å². The Bertz CT molecular complexity index is 3000. The smallest absolute Gasteiger partial charge is 0.193 e. The van der Waals surface area contributed by atoms with Crippen LogP contribution >= 0.6 is 0 Å². The third kappa shape index (κ3) is 4.29. The summed E-state index contributed by atoms with van der Waals surface area (Å²) in [6.07, 6.45) is 0. The second-order valence-corrected chi connectivity index (χ2v) is 17.6. The van der Waals surface area contributed by atoms with E-state index in [2.05, 4.69) is 219 Å². The van der Waals surface area contributed by atoms with E-state index < -0.39 is 10.8 Å². The lowest BCUT2D eigenvalue weighted by atomic mass is 9.62. The van der Waals surface area contributed by atoms with E-state index in [1.807, 2.05) is 0 Å². The zero-order valence-electron chi connectivity index (χ0n) is 33.6. The molecule has 8 aromatic rings. The molecule has 3 heteroatoms. The van der Waals surface area contributed by atoms with Gasteiger partial charge in [0.25, 0.3) is 0 Å². The molecule has 0 fully saturated rings. The number of carbonyl (C=O) groups is 1. The van der Waals surface area contributed by atoms with Gasteiger partial charge in [-0.15, -0.1) is 0 Å². The van der Waals surface area contributed by atoms with Gasteiger partial charge in [-0.25, -0.2) is 0 Å². The fourth-order valence-electron chi connectivity index (χ4n) is 11.4. The summed E-state index contributed by atoms with van der Waals surface area (Å²) in [7, 11) is 0. The Morgan fingerprint density at radius 1 is 0.322 bits per heavy atom. The number of carbonyl (C=O) groups excluding carboxylic acids is 1. The lowest BCUT2D eigenvalue weighted by molar-refractivity contribution is 0.103. The maximum atomic E-state index is 15.3. The van der Waals surface area contributed by atoms with Crippen molar-refractivity contribution in [3.8, 4) is 11.1 Å². The van der Waals surface area contributed by atoms with Crippen LogP contribution in [0.1, 0.15) is 88.1 Å². The number of hydrogen-bond donors (Lipinski definition) is 0. The largest absolute Gasteiger partial charge is 0.310 e. The molecule has 0 atom stereocenters. The summed E-state index contributed by atoms with van der Waals surface area (Å²) in [6.45, 7) is 9.21. The molecule has 1 spiro atoms. The van der Waals surface area contributed by atoms with Gasteiger partial charge >= 0.3 is 0 Å².